The predicted molar refractivity (Wildman–Crippen MR) is 69.0 cm³/mol. The van der Waals surface area contributed by atoms with Crippen LogP contribution in [0, 0.1) is 11.7 Å². The molecular formula is C15H18FNO2. The highest BCUT2D eigenvalue weighted by Crippen LogP contribution is 2.32. The van der Waals surface area contributed by atoms with Crippen LogP contribution in [0.1, 0.15) is 37.3 Å². The molecule has 1 saturated heterocycles. The van der Waals surface area contributed by atoms with Gasteiger partial charge in [-0.05, 0) is 43.4 Å². The predicted octanol–water partition coefficient (Wildman–Crippen LogP) is 2.57. The number of rotatable bonds is 4. The minimum atomic E-state index is -0.261. The molecule has 1 amide bonds. The second-order valence-corrected chi connectivity index (χ2v) is 5.36. The maximum atomic E-state index is 13.0. The number of carbonyl (C=O) groups excluding carboxylic acids is 1. The summed E-state index contributed by atoms with van der Waals surface area (Å²) in [6.45, 7) is 0.738. The van der Waals surface area contributed by atoms with E-state index < -0.39 is 0 Å². The minimum Gasteiger partial charge on any atom is -0.376 e. The van der Waals surface area contributed by atoms with Gasteiger partial charge < -0.3 is 10.1 Å². The second kappa shape index (κ2) is 5.29. The summed E-state index contributed by atoms with van der Waals surface area (Å²) < 4.78 is 18.7. The largest absolute Gasteiger partial charge is 0.376 e. The van der Waals surface area contributed by atoms with Gasteiger partial charge in [-0.15, -0.1) is 0 Å². The highest BCUT2D eigenvalue weighted by Gasteiger charge is 2.34. The Hall–Kier alpha value is -1.42. The van der Waals surface area contributed by atoms with Gasteiger partial charge in [0.2, 0.25) is 5.91 Å². The van der Waals surface area contributed by atoms with Crippen molar-refractivity contribution in [1.82, 2.24) is 5.32 Å². The van der Waals surface area contributed by atoms with Crippen LogP contribution in [0.15, 0.2) is 24.3 Å². The lowest BCUT2D eigenvalue weighted by atomic mass is 9.99. The molecule has 19 heavy (non-hydrogen) atoms. The second-order valence-electron chi connectivity index (χ2n) is 5.36. The van der Waals surface area contributed by atoms with Crippen molar-refractivity contribution in [2.24, 2.45) is 5.92 Å². The molecule has 3 nitrogen and oxygen atoms in total. The van der Waals surface area contributed by atoms with Crippen molar-refractivity contribution in [2.75, 3.05) is 6.61 Å². The molecule has 2 atom stereocenters. The highest BCUT2D eigenvalue weighted by atomic mass is 19.1. The fourth-order valence-electron chi connectivity index (χ4n) is 2.54. The third-order valence-electron chi connectivity index (χ3n) is 3.81. The first-order valence-corrected chi connectivity index (χ1v) is 6.91. The molecule has 2 aliphatic rings. The van der Waals surface area contributed by atoms with E-state index in [9.17, 15) is 9.18 Å². The Morgan fingerprint density at radius 3 is 2.58 bits per heavy atom. The Bertz CT molecular complexity index is 450. The Labute approximate surface area is 112 Å². The lowest BCUT2D eigenvalue weighted by Gasteiger charge is -2.24. The number of hydrogen-bond donors (Lipinski definition) is 1. The zero-order chi connectivity index (χ0) is 13.2. The monoisotopic (exact) mass is 263 g/mol. The van der Waals surface area contributed by atoms with E-state index in [4.69, 9.17) is 4.74 Å². The van der Waals surface area contributed by atoms with Crippen LogP contribution in [-0.4, -0.2) is 18.6 Å². The number of halogens is 1. The molecule has 1 heterocycles. The van der Waals surface area contributed by atoms with Gasteiger partial charge in [0.05, 0.1) is 12.1 Å². The van der Waals surface area contributed by atoms with Crippen molar-refractivity contribution >= 4 is 5.91 Å². The SMILES string of the molecule is O=C(NC(c1ccc(F)cc1)C1CCCO1)C1CC1. The summed E-state index contributed by atoms with van der Waals surface area (Å²) in [6, 6.07) is 6.17. The summed E-state index contributed by atoms with van der Waals surface area (Å²) in [5.74, 6) is 0.0116. The molecule has 0 aromatic heterocycles. The zero-order valence-electron chi connectivity index (χ0n) is 10.8. The first kappa shape index (κ1) is 12.6. The number of benzene rings is 1. The average Bonchev–Trinajstić information content (AvgIpc) is 3.13. The van der Waals surface area contributed by atoms with Gasteiger partial charge >= 0.3 is 0 Å². The van der Waals surface area contributed by atoms with Gasteiger partial charge in [0.15, 0.2) is 0 Å². The van der Waals surface area contributed by atoms with Crippen LogP contribution in [0.2, 0.25) is 0 Å². The normalized spacial score (nSPS) is 24.2. The molecule has 1 aliphatic carbocycles. The van der Waals surface area contributed by atoms with E-state index in [0.717, 1.165) is 37.9 Å². The van der Waals surface area contributed by atoms with Crippen molar-refractivity contribution < 1.29 is 13.9 Å². The molecule has 1 aliphatic heterocycles. The van der Waals surface area contributed by atoms with Crippen LogP contribution < -0.4 is 5.32 Å². The summed E-state index contributed by atoms with van der Waals surface area (Å²) in [5, 5.41) is 3.07. The van der Waals surface area contributed by atoms with Crippen molar-refractivity contribution in [3.63, 3.8) is 0 Å². The van der Waals surface area contributed by atoms with E-state index in [0.29, 0.717) is 0 Å². The van der Waals surface area contributed by atoms with Gasteiger partial charge in [-0.25, -0.2) is 4.39 Å². The van der Waals surface area contributed by atoms with Crippen molar-refractivity contribution in [1.29, 1.82) is 0 Å². The van der Waals surface area contributed by atoms with Crippen molar-refractivity contribution in [3.8, 4) is 0 Å². The summed E-state index contributed by atoms with van der Waals surface area (Å²) >= 11 is 0. The maximum absolute atomic E-state index is 13.0. The summed E-state index contributed by atoms with van der Waals surface area (Å²) in [7, 11) is 0. The smallest absolute Gasteiger partial charge is 0.223 e. The van der Waals surface area contributed by atoms with Crippen LogP contribution >= 0.6 is 0 Å². The van der Waals surface area contributed by atoms with Gasteiger partial charge in [0.25, 0.3) is 0 Å². The van der Waals surface area contributed by atoms with E-state index >= 15 is 0 Å². The number of hydrogen-bond acceptors (Lipinski definition) is 2. The maximum Gasteiger partial charge on any atom is 0.223 e. The van der Waals surface area contributed by atoms with Gasteiger partial charge in [-0.2, -0.15) is 0 Å². The molecule has 0 bridgehead atoms. The lowest BCUT2D eigenvalue weighted by Crippen LogP contribution is -2.36. The highest BCUT2D eigenvalue weighted by molar-refractivity contribution is 5.81. The van der Waals surface area contributed by atoms with E-state index in [1.807, 2.05) is 0 Å². The van der Waals surface area contributed by atoms with Crippen LogP contribution in [0.4, 0.5) is 4.39 Å². The van der Waals surface area contributed by atoms with Crippen molar-refractivity contribution in [3.05, 3.63) is 35.6 Å². The van der Waals surface area contributed by atoms with Gasteiger partial charge in [-0.1, -0.05) is 12.1 Å². The molecule has 0 radical (unpaired) electrons. The molecule has 2 unspecified atom stereocenters. The molecule has 1 aromatic rings. The fraction of sp³-hybridized carbons (Fsp3) is 0.533. The molecule has 2 fully saturated rings. The van der Waals surface area contributed by atoms with Gasteiger partial charge in [-0.3, -0.25) is 4.79 Å². The van der Waals surface area contributed by atoms with E-state index in [-0.39, 0.29) is 29.8 Å². The summed E-state index contributed by atoms with van der Waals surface area (Å²) in [6.07, 6.45) is 3.92. The fourth-order valence-corrected chi connectivity index (χ4v) is 2.54. The summed E-state index contributed by atoms with van der Waals surface area (Å²) in [4.78, 5) is 12.0. The molecule has 0 spiro atoms. The average molecular weight is 263 g/mol. The van der Waals surface area contributed by atoms with E-state index in [1.165, 1.54) is 12.1 Å². The topological polar surface area (TPSA) is 38.3 Å². The third kappa shape index (κ3) is 2.95. The number of ether oxygens (including phenoxy) is 1. The van der Waals surface area contributed by atoms with Crippen LogP contribution in [0.3, 0.4) is 0 Å². The Morgan fingerprint density at radius 1 is 1.26 bits per heavy atom. The van der Waals surface area contributed by atoms with E-state index in [2.05, 4.69) is 5.32 Å². The summed E-state index contributed by atoms with van der Waals surface area (Å²) in [5.41, 5.74) is 0.919. The van der Waals surface area contributed by atoms with Crippen LogP contribution in [0.25, 0.3) is 0 Å². The number of carbonyl (C=O) groups is 1. The molecule has 1 N–H and O–H groups in total. The first-order valence-electron chi connectivity index (χ1n) is 6.91. The van der Waals surface area contributed by atoms with Crippen LogP contribution in [-0.2, 0) is 9.53 Å². The Balaban J connectivity index is 1.77. The standard InChI is InChI=1S/C15H18FNO2/c16-12-7-5-10(6-8-12)14(13-2-1-9-19-13)17-15(18)11-3-4-11/h5-8,11,13-14H,1-4,9H2,(H,17,18). The molecule has 4 heteroatoms. The quantitative estimate of drug-likeness (QED) is 0.906. The van der Waals surface area contributed by atoms with Crippen molar-refractivity contribution in [2.45, 2.75) is 37.8 Å². The molecule has 1 saturated carbocycles. The zero-order valence-corrected chi connectivity index (χ0v) is 10.8. The lowest BCUT2D eigenvalue weighted by molar-refractivity contribution is -0.124. The van der Waals surface area contributed by atoms with Gasteiger partial charge in [0.1, 0.15) is 5.82 Å². The first-order chi connectivity index (χ1) is 9.24. The molecule has 3 rings (SSSR count). The number of nitrogens with one attached hydrogen (secondary N) is 1. The van der Waals surface area contributed by atoms with E-state index in [1.54, 1.807) is 12.1 Å². The Morgan fingerprint density at radius 2 is 2.00 bits per heavy atom. The third-order valence-corrected chi connectivity index (χ3v) is 3.81. The van der Waals surface area contributed by atoms with Gasteiger partial charge in [0, 0.05) is 12.5 Å². The van der Waals surface area contributed by atoms with Crippen LogP contribution in [0.5, 0.6) is 0 Å². The minimum absolute atomic E-state index is 0.00756. The molecular weight excluding hydrogens is 245 g/mol. The Kier molecular flexibility index (Phi) is 3.51. The molecule has 1 aromatic carbocycles. The number of amides is 1. The molecule has 102 valence electrons.